The molecule has 0 aromatic heterocycles. The van der Waals surface area contributed by atoms with Gasteiger partial charge in [-0.05, 0) is 104 Å². The second kappa shape index (κ2) is 21.5. The first-order valence-corrected chi connectivity index (χ1v) is 22.8. The Bertz CT molecular complexity index is 2810. The maximum absolute atomic E-state index is 16.9. The molecule has 366 valence electrons. The van der Waals surface area contributed by atoms with Gasteiger partial charge in [0.05, 0.1) is 12.1 Å². The van der Waals surface area contributed by atoms with E-state index in [0.29, 0.717) is 22.3 Å². The number of likely N-dealkylation sites (N-methyl/N-ethyl adjacent to an activating group) is 2. The zero-order chi connectivity index (χ0) is 50.6. The zero-order valence-electron chi connectivity index (χ0n) is 39.3. The molecule has 0 fully saturated rings. The minimum Gasteiger partial charge on any atom is -0.343 e. The lowest BCUT2D eigenvalue weighted by atomic mass is 9.96. The van der Waals surface area contributed by atoms with Crippen molar-refractivity contribution in [3.05, 3.63) is 154 Å². The Morgan fingerprint density at radius 3 is 1.76 bits per heavy atom. The third-order valence-corrected chi connectivity index (χ3v) is 12.7. The van der Waals surface area contributed by atoms with Gasteiger partial charge in [-0.3, -0.25) is 28.8 Å². The standard InChI is InChI=1S/C52H54F4N8O6/c1-27(2)23-40(59-47(65)28(3)57-5)51(69)63-26-33-24-31(19-20-36(33)46(63)49(67)61-43-37(53)17-12-18-38(43)54)34-21-22-39(55)44(41(34)56)62-50(68)45-35-16-11-10-15-32(35)25-64(45)52(70)42(30-13-8-7-9-14-30)60-48(66)29(4)58-6/h7-22,24,27-29,40,42,45-46,57-58H,23,25-26H2,1-6H3,(H,59,65)(H,60,66)(H,61,67)(H,62,68). The van der Waals surface area contributed by atoms with Crippen molar-refractivity contribution in [3.8, 4) is 11.1 Å². The molecule has 6 unspecified atom stereocenters. The Morgan fingerprint density at radius 1 is 0.586 bits per heavy atom. The number of amides is 6. The van der Waals surface area contributed by atoms with E-state index in [0.717, 1.165) is 30.3 Å². The minimum atomic E-state index is -1.47. The van der Waals surface area contributed by atoms with Crippen LogP contribution in [0.1, 0.15) is 80.1 Å². The number of halogens is 4. The van der Waals surface area contributed by atoms with Crippen molar-refractivity contribution >= 4 is 46.8 Å². The molecule has 5 aromatic carbocycles. The number of anilines is 2. The van der Waals surface area contributed by atoms with Crippen LogP contribution in [0.4, 0.5) is 28.9 Å². The number of nitrogens with zero attached hydrogens (tertiary/aromatic N) is 2. The summed E-state index contributed by atoms with van der Waals surface area (Å²) < 4.78 is 62.5. The highest BCUT2D eigenvalue weighted by molar-refractivity contribution is 6.02. The highest BCUT2D eigenvalue weighted by atomic mass is 19.1. The van der Waals surface area contributed by atoms with E-state index in [2.05, 4.69) is 31.9 Å². The molecule has 7 rings (SSSR count). The monoisotopic (exact) mass is 962 g/mol. The van der Waals surface area contributed by atoms with Crippen LogP contribution in [0.5, 0.6) is 0 Å². The summed E-state index contributed by atoms with van der Waals surface area (Å²) in [6.45, 7) is 6.59. The molecule has 6 N–H and O–H groups in total. The molecule has 18 heteroatoms. The van der Waals surface area contributed by atoms with Crippen LogP contribution < -0.4 is 31.9 Å². The van der Waals surface area contributed by atoms with Crippen molar-refractivity contribution in [2.24, 2.45) is 5.92 Å². The molecule has 6 atom stereocenters. The highest BCUT2D eigenvalue weighted by Gasteiger charge is 2.44. The molecule has 70 heavy (non-hydrogen) atoms. The van der Waals surface area contributed by atoms with E-state index >= 15 is 8.78 Å². The first kappa shape index (κ1) is 50.4. The first-order chi connectivity index (χ1) is 33.4. The van der Waals surface area contributed by atoms with Gasteiger partial charge in [0.1, 0.15) is 53.0 Å². The molecule has 0 spiro atoms. The highest BCUT2D eigenvalue weighted by Crippen LogP contribution is 2.41. The Morgan fingerprint density at radius 2 is 1.13 bits per heavy atom. The Kier molecular flexibility index (Phi) is 15.5. The molecule has 0 aliphatic carbocycles. The van der Waals surface area contributed by atoms with E-state index < -0.39 is 106 Å². The van der Waals surface area contributed by atoms with E-state index in [9.17, 15) is 37.5 Å². The number of carbonyl (C=O) groups excluding carboxylic acids is 6. The number of hydrogen-bond donors (Lipinski definition) is 6. The van der Waals surface area contributed by atoms with Crippen LogP contribution in [0.25, 0.3) is 11.1 Å². The normalized spacial score (nSPS) is 16.7. The number of benzene rings is 5. The average Bonchev–Trinajstić information content (AvgIpc) is 3.94. The minimum absolute atomic E-state index is 0.0541. The second-order valence-corrected chi connectivity index (χ2v) is 17.8. The van der Waals surface area contributed by atoms with Gasteiger partial charge in [-0.1, -0.05) is 86.6 Å². The average molecular weight is 963 g/mol. The van der Waals surface area contributed by atoms with Gasteiger partial charge in [0.25, 0.3) is 17.7 Å². The van der Waals surface area contributed by atoms with Gasteiger partial charge in [0, 0.05) is 18.7 Å². The third-order valence-electron chi connectivity index (χ3n) is 12.7. The van der Waals surface area contributed by atoms with Crippen molar-refractivity contribution in [2.75, 3.05) is 24.7 Å². The summed E-state index contributed by atoms with van der Waals surface area (Å²) >= 11 is 0. The molecule has 0 saturated heterocycles. The molecule has 6 amide bonds. The van der Waals surface area contributed by atoms with Crippen LogP contribution in [0.2, 0.25) is 0 Å². The molecule has 0 radical (unpaired) electrons. The zero-order valence-corrected chi connectivity index (χ0v) is 39.3. The van der Waals surface area contributed by atoms with Crippen LogP contribution in [-0.2, 0) is 41.9 Å². The third kappa shape index (κ3) is 10.4. The summed E-state index contributed by atoms with van der Waals surface area (Å²) in [5.41, 5.74) is 0.424. The van der Waals surface area contributed by atoms with Crippen molar-refractivity contribution in [1.29, 1.82) is 0 Å². The predicted molar refractivity (Wildman–Crippen MR) is 254 cm³/mol. The summed E-state index contributed by atoms with van der Waals surface area (Å²) in [6, 6.07) is 18.1. The number of hydrogen-bond acceptors (Lipinski definition) is 8. The van der Waals surface area contributed by atoms with Gasteiger partial charge in [-0.25, -0.2) is 17.6 Å². The van der Waals surface area contributed by atoms with Gasteiger partial charge in [0.15, 0.2) is 5.82 Å². The van der Waals surface area contributed by atoms with Gasteiger partial charge in [-0.15, -0.1) is 0 Å². The molecular formula is C52H54F4N8O6. The van der Waals surface area contributed by atoms with Crippen LogP contribution in [0.15, 0.2) is 103 Å². The van der Waals surface area contributed by atoms with Crippen molar-refractivity contribution < 1.29 is 46.3 Å². The second-order valence-electron chi connectivity index (χ2n) is 17.8. The van der Waals surface area contributed by atoms with Crippen molar-refractivity contribution in [1.82, 2.24) is 31.1 Å². The number of carbonyl (C=O) groups is 6. The van der Waals surface area contributed by atoms with Crippen LogP contribution in [-0.4, -0.2) is 77.5 Å². The summed E-state index contributed by atoms with van der Waals surface area (Å²) in [5, 5.41) is 15.9. The van der Waals surface area contributed by atoms with Crippen LogP contribution in [0.3, 0.4) is 0 Å². The lowest BCUT2D eigenvalue weighted by molar-refractivity contribution is -0.142. The lowest BCUT2D eigenvalue weighted by Gasteiger charge is -2.30. The molecule has 14 nitrogen and oxygen atoms in total. The van der Waals surface area contributed by atoms with Crippen LogP contribution in [0, 0.1) is 29.2 Å². The SMILES string of the molecule is CNC(C)C(=O)NC(CC(C)C)C(=O)N1Cc2cc(-c3ccc(F)c(NC(=O)C4c5ccccc5CN4C(=O)C(NC(=O)C(C)NC)c4ccccc4)c3F)ccc2C1C(=O)Nc1c(F)cccc1F. The number of nitrogens with one attached hydrogen (secondary N) is 6. The summed E-state index contributed by atoms with van der Waals surface area (Å²) in [6.07, 6.45) is 0.170. The molecule has 0 saturated carbocycles. The fourth-order valence-corrected chi connectivity index (χ4v) is 8.69. The van der Waals surface area contributed by atoms with Gasteiger partial charge in [-0.2, -0.15) is 0 Å². The Balaban J connectivity index is 1.22. The van der Waals surface area contributed by atoms with Crippen LogP contribution >= 0.6 is 0 Å². The molecule has 5 aromatic rings. The number of para-hydroxylation sites is 1. The molecular weight excluding hydrogens is 909 g/mol. The van der Waals surface area contributed by atoms with E-state index in [1.54, 1.807) is 82.5 Å². The van der Waals surface area contributed by atoms with Crippen molar-refractivity contribution in [3.63, 3.8) is 0 Å². The summed E-state index contributed by atoms with van der Waals surface area (Å²) in [5.74, 6) is -8.71. The molecule has 2 aliphatic rings. The van der Waals surface area contributed by atoms with E-state index in [1.165, 1.54) is 28.0 Å². The topological polar surface area (TPSA) is 181 Å². The predicted octanol–water partition coefficient (Wildman–Crippen LogP) is 6.56. The van der Waals surface area contributed by atoms with Gasteiger partial charge < -0.3 is 41.7 Å². The molecule has 2 heterocycles. The van der Waals surface area contributed by atoms with Gasteiger partial charge in [0.2, 0.25) is 17.7 Å². The quantitative estimate of drug-likeness (QED) is 0.0602. The summed E-state index contributed by atoms with van der Waals surface area (Å²) in [4.78, 5) is 86.4. The van der Waals surface area contributed by atoms with E-state index in [4.69, 9.17) is 0 Å². The molecule has 2 aliphatic heterocycles. The largest absolute Gasteiger partial charge is 0.343 e. The fraction of sp³-hybridized carbons (Fsp3) is 0.308. The van der Waals surface area contributed by atoms with E-state index in [-0.39, 0.29) is 42.1 Å². The first-order valence-electron chi connectivity index (χ1n) is 22.8. The maximum Gasteiger partial charge on any atom is 0.252 e. The smallest absolute Gasteiger partial charge is 0.252 e. The van der Waals surface area contributed by atoms with E-state index in [1.807, 2.05) is 13.8 Å². The Hall–Kier alpha value is -7.44. The molecule has 0 bridgehead atoms. The Labute approximate surface area is 402 Å². The maximum atomic E-state index is 16.9. The fourth-order valence-electron chi connectivity index (χ4n) is 8.69. The number of fused-ring (bicyclic) bond motifs is 2. The van der Waals surface area contributed by atoms with Gasteiger partial charge >= 0.3 is 0 Å². The summed E-state index contributed by atoms with van der Waals surface area (Å²) in [7, 11) is 3.17. The lowest BCUT2D eigenvalue weighted by Crippen LogP contribution is -2.53. The number of rotatable bonds is 16. The van der Waals surface area contributed by atoms with Crippen molar-refractivity contribution in [2.45, 2.75) is 83.5 Å².